The normalized spacial score (nSPS) is 10.5. The Hall–Kier alpha value is -2.73. The second kappa shape index (κ2) is 7.44. The van der Waals surface area contributed by atoms with Crippen molar-refractivity contribution >= 4 is 22.9 Å². The van der Waals surface area contributed by atoms with Crippen molar-refractivity contribution in [3.8, 4) is 5.75 Å². The number of nitrogens with one attached hydrogen (secondary N) is 1. The first kappa shape index (κ1) is 17.1. The van der Waals surface area contributed by atoms with Crippen molar-refractivity contribution in [2.24, 2.45) is 0 Å². The SMILES string of the molecule is Cc1ccc(F)c(NC(=O)c2ccc(OCc3csc(C)n3)cc2)c1. The Morgan fingerprint density at radius 1 is 1.20 bits per heavy atom. The number of rotatable bonds is 5. The van der Waals surface area contributed by atoms with Crippen LogP contribution in [0.15, 0.2) is 47.8 Å². The molecule has 25 heavy (non-hydrogen) atoms. The molecule has 0 fully saturated rings. The highest BCUT2D eigenvalue weighted by atomic mass is 32.1. The van der Waals surface area contributed by atoms with Crippen LogP contribution in [0.1, 0.15) is 26.6 Å². The number of hydrogen-bond donors (Lipinski definition) is 1. The van der Waals surface area contributed by atoms with Gasteiger partial charge in [-0.2, -0.15) is 0 Å². The molecule has 6 heteroatoms. The smallest absolute Gasteiger partial charge is 0.255 e. The third-order valence-electron chi connectivity index (χ3n) is 3.54. The van der Waals surface area contributed by atoms with Crippen LogP contribution in [0.25, 0.3) is 0 Å². The van der Waals surface area contributed by atoms with E-state index in [2.05, 4.69) is 10.3 Å². The number of amides is 1. The van der Waals surface area contributed by atoms with Crippen LogP contribution in [0.5, 0.6) is 5.75 Å². The summed E-state index contributed by atoms with van der Waals surface area (Å²) >= 11 is 1.57. The summed E-state index contributed by atoms with van der Waals surface area (Å²) in [6.45, 7) is 4.16. The Labute approximate surface area is 149 Å². The number of benzene rings is 2. The molecule has 0 spiro atoms. The van der Waals surface area contributed by atoms with Gasteiger partial charge >= 0.3 is 0 Å². The maximum absolute atomic E-state index is 13.7. The summed E-state index contributed by atoms with van der Waals surface area (Å²) < 4.78 is 19.4. The number of ether oxygens (including phenoxy) is 1. The lowest BCUT2D eigenvalue weighted by Crippen LogP contribution is -2.13. The summed E-state index contributed by atoms with van der Waals surface area (Å²) in [5.41, 5.74) is 2.35. The lowest BCUT2D eigenvalue weighted by molar-refractivity contribution is 0.102. The predicted molar refractivity (Wildman–Crippen MR) is 96.7 cm³/mol. The fourth-order valence-corrected chi connectivity index (χ4v) is 2.86. The van der Waals surface area contributed by atoms with Crippen LogP contribution in [-0.4, -0.2) is 10.9 Å². The van der Waals surface area contributed by atoms with E-state index in [1.165, 1.54) is 6.07 Å². The number of carbonyl (C=O) groups excluding carboxylic acids is 1. The average Bonchev–Trinajstić information content (AvgIpc) is 3.02. The Morgan fingerprint density at radius 2 is 1.96 bits per heavy atom. The number of carbonyl (C=O) groups is 1. The third kappa shape index (κ3) is 4.42. The number of anilines is 1. The zero-order valence-corrected chi connectivity index (χ0v) is 14.7. The monoisotopic (exact) mass is 356 g/mol. The molecule has 0 aliphatic heterocycles. The van der Waals surface area contributed by atoms with Crippen LogP contribution in [0.4, 0.5) is 10.1 Å². The predicted octanol–water partition coefficient (Wildman–Crippen LogP) is 4.73. The number of halogens is 1. The van der Waals surface area contributed by atoms with Gasteiger partial charge in [-0.05, 0) is 55.8 Å². The zero-order chi connectivity index (χ0) is 17.8. The maximum atomic E-state index is 13.7. The summed E-state index contributed by atoms with van der Waals surface area (Å²) in [6, 6.07) is 11.3. The van der Waals surface area contributed by atoms with E-state index in [-0.39, 0.29) is 11.6 Å². The molecule has 1 aromatic heterocycles. The molecule has 0 radical (unpaired) electrons. The average molecular weight is 356 g/mol. The van der Waals surface area contributed by atoms with E-state index in [9.17, 15) is 9.18 Å². The Kier molecular flexibility index (Phi) is 5.09. The molecular formula is C19H17FN2O2S. The Balaban J connectivity index is 1.63. The second-order valence-corrected chi connectivity index (χ2v) is 6.67. The van der Waals surface area contributed by atoms with Crippen LogP contribution < -0.4 is 10.1 Å². The first-order chi connectivity index (χ1) is 12.0. The molecule has 4 nitrogen and oxygen atoms in total. The van der Waals surface area contributed by atoms with E-state index in [1.807, 2.05) is 19.2 Å². The minimum Gasteiger partial charge on any atom is -0.487 e. The highest BCUT2D eigenvalue weighted by Gasteiger charge is 2.10. The minimum atomic E-state index is -0.461. The molecule has 0 saturated heterocycles. The largest absolute Gasteiger partial charge is 0.487 e. The highest BCUT2D eigenvalue weighted by molar-refractivity contribution is 7.09. The van der Waals surface area contributed by atoms with E-state index in [1.54, 1.807) is 47.7 Å². The fraction of sp³-hybridized carbons (Fsp3) is 0.158. The maximum Gasteiger partial charge on any atom is 0.255 e. The van der Waals surface area contributed by atoms with Gasteiger partial charge in [0.15, 0.2) is 0 Å². The van der Waals surface area contributed by atoms with Crippen molar-refractivity contribution in [1.29, 1.82) is 0 Å². The molecule has 0 saturated carbocycles. The number of hydrogen-bond acceptors (Lipinski definition) is 4. The molecule has 0 unspecified atom stereocenters. The number of nitrogens with zero attached hydrogens (tertiary/aromatic N) is 1. The van der Waals surface area contributed by atoms with E-state index in [0.717, 1.165) is 16.3 Å². The summed E-state index contributed by atoms with van der Waals surface area (Å²) in [6.07, 6.45) is 0. The lowest BCUT2D eigenvalue weighted by atomic mass is 10.1. The first-order valence-electron chi connectivity index (χ1n) is 7.72. The van der Waals surface area contributed by atoms with Gasteiger partial charge in [0, 0.05) is 10.9 Å². The molecule has 128 valence electrons. The van der Waals surface area contributed by atoms with E-state index >= 15 is 0 Å². The summed E-state index contributed by atoms with van der Waals surface area (Å²) in [7, 11) is 0. The van der Waals surface area contributed by atoms with Gasteiger partial charge in [0.05, 0.1) is 16.4 Å². The van der Waals surface area contributed by atoms with Gasteiger partial charge in [0.1, 0.15) is 18.2 Å². The first-order valence-corrected chi connectivity index (χ1v) is 8.60. The fourth-order valence-electron chi connectivity index (χ4n) is 2.26. The van der Waals surface area contributed by atoms with Crippen LogP contribution in [0.2, 0.25) is 0 Å². The lowest BCUT2D eigenvalue weighted by Gasteiger charge is -2.08. The molecule has 0 aliphatic carbocycles. The summed E-state index contributed by atoms with van der Waals surface area (Å²) in [4.78, 5) is 16.6. The second-order valence-electron chi connectivity index (χ2n) is 5.61. The minimum absolute atomic E-state index is 0.171. The van der Waals surface area contributed by atoms with E-state index in [0.29, 0.717) is 17.9 Å². The van der Waals surface area contributed by atoms with Gasteiger partial charge in [-0.25, -0.2) is 9.37 Å². The van der Waals surface area contributed by atoms with Crippen molar-refractivity contribution in [2.75, 3.05) is 5.32 Å². The molecule has 3 rings (SSSR count). The van der Waals surface area contributed by atoms with Gasteiger partial charge in [-0.3, -0.25) is 4.79 Å². The molecular weight excluding hydrogens is 339 g/mol. The molecule has 1 heterocycles. The van der Waals surface area contributed by atoms with Crippen LogP contribution in [0, 0.1) is 19.7 Å². The summed E-state index contributed by atoms with van der Waals surface area (Å²) in [5, 5.41) is 5.53. The molecule has 0 bridgehead atoms. The van der Waals surface area contributed by atoms with Crippen molar-refractivity contribution in [3.05, 3.63) is 75.5 Å². The van der Waals surface area contributed by atoms with Crippen molar-refractivity contribution < 1.29 is 13.9 Å². The zero-order valence-electron chi connectivity index (χ0n) is 13.9. The molecule has 0 atom stereocenters. The standard InChI is InChI=1S/C19H17FN2O2S/c1-12-3-8-17(20)18(9-12)22-19(23)14-4-6-16(7-5-14)24-10-15-11-25-13(2)21-15/h3-9,11H,10H2,1-2H3,(H,22,23). The van der Waals surface area contributed by atoms with Gasteiger partial charge in [0.25, 0.3) is 5.91 Å². The van der Waals surface area contributed by atoms with Crippen LogP contribution >= 0.6 is 11.3 Å². The number of thiazole rings is 1. The molecule has 1 amide bonds. The molecule has 0 aliphatic rings. The van der Waals surface area contributed by atoms with E-state index in [4.69, 9.17) is 4.74 Å². The van der Waals surface area contributed by atoms with E-state index < -0.39 is 5.82 Å². The molecule has 2 aromatic carbocycles. The van der Waals surface area contributed by atoms with Crippen LogP contribution in [-0.2, 0) is 6.61 Å². The van der Waals surface area contributed by atoms with Gasteiger partial charge in [0.2, 0.25) is 0 Å². The summed E-state index contributed by atoms with van der Waals surface area (Å²) in [5.74, 6) is -0.187. The number of aryl methyl sites for hydroxylation is 2. The Morgan fingerprint density at radius 3 is 2.64 bits per heavy atom. The topological polar surface area (TPSA) is 51.2 Å². The molecule has 3 aromatic rings. The van der Waals surface area contributed by atoms with Crippen molar-refractivity contribution in [2.45, 2.75) is 20.5 Å². The highest BCUT2D eigenvalue weighted by Crippen LogP contribution is 2.19. The number of aromatic nitrogens is 1. The van der Waals surface area contributed by atoms with Gasteiger partial charge in [-0.15, -0.1) is 11.3 Å². The van der Waals surface area contributed by atoms with Gasteiger partial charge in [-0.1, -0.05) is 6.07 Å². The van der Waals surface area contributed by atoms with Crippen LogP contribution in [0.3, 0.4) is 0 Å². The Bertz CT molecular complexity index is 891. The quantitative estimate of drug-likeness (QED) is 0.719. The molecule has 1 N–H and O–H groups in total. The van der Waals surface area contributed by atoms with Crippen molar-refractivity contribution in [1.82, 2.24) is 4.98 Å². The third-order valence-corrected chi connectivity index (χ3v) is 4.36. The van der Waals surface area contributed by atoms with Crippen molar-refractivity contribution in [3.63, 3.8) is 0 Å². The van der Waals surface area contributed by atoms with Gasteiger partial charge < -0.3 is 10.1 Å².